The normalized spacial score (nSPS) is 20.9. The molecule has 1 N–H and O–H groups in total. The summed E-state index contributed by atoms with van der Waals surface area (Å²) in [4.78, 5) is 24.6. The van der Waals surface area contributed by atoms with Gasteiger partial charge in [0.25, 0.3) is 6.43 Å². The summed E-state index contributed by atoms with van der Waals surface area (Å²) in [6.07, 6.45) is 6.96. The number of hydrogen-bond donors (Lipinski definition) is 1. The van der Waals surface area contributed by atoms with Crippen LogP contribution in [0.25, 0.3) is 0 Å². The number of aryl methyl sites for hydroxylation is 1. The SMILES string of the molecule is Cc1ncc(CC(=O)NC2CCC(CCN3CCc4cc(Br)c(OCC(F)F)nc4CC3)CC2)s1. The fourth-order valence-electron chi connectivity index (χ4n) is 4.98. The summed E-state index contributed by atoms with van der Waals surface area (Å²) in [5.41, 5.74) is 2.11. The molecule has 0 radical (unpaired) electrons. The quantitative estimate of drug-likeness (QED) is 0.461. The zero-order valence-corrected chi connectivity index (χ0v) is 22.5. The Bertz CT molecular complexity index is 998. The van der Waals surface area contributed by atoms with Gasteiger partial charge in [0.15, 0.2) is 6.61 Å². The monoisotopic (exact) mass is 570 g/mol. The molecule has 2 aromatic rings. The maximum Gasteiger partial charge on any atom is 0.272 e. The summed E-state index contributed by atoms with van der Waals surface area (Å²) < 4.78 is 30.8. The van der Waals surface area contributed by atoms with Crippen molar-refractivity contribution < 1.29 is 18.3 Å². The second-order valence-electron chi connectivity index (χ2n) is 9.52. The van der Waals surface area contributed by atoms with Crippen molar-refractivity contribution in [2.45, 2.75) is 70.8 Å². The van der Waals surface area contributed by atoms with Gasteiger partial charge >= 0.3 is 0 Å². The lowest BCUT2D eigenvalue weighted by molar-refractivity contribution is -0.121. The highest BCUT2D eigenvalue weighted by Gasteiger charge is 2.24. The minimum absolute atomic E-state index is 0.101. The van der Waals surface area contributed by atoms with Gasteiger partial charge in [0.05, 0.1) is 15.9 Å². The number of hydrogen-bond acceptors (Lipinski definition) is 6. The van der Waals surface area contributed by atoms with E-state index in [2.05, 4.69) is 36.1 Å². The van der Waals surface area contributed by atoms with Gasteiger partial charge in [0.2, 0.25) is 11.8 Å². The number of fused-ring (bicyclic) bond motifs is 1. The van der Waals surface area contributed by atoms with Crippen LogP contribution in [0, 0.1) is 12.8 Å². The maximum atomic E-state index is 12.5. The van der Waals surface area contributed by atoms with E-state index in [4.69, 9.17) is 4.74 Å². The number of ether oxygens (including phenoxy) is 1. The summed E-state index contributed by atoms with van der Waals surface area (Å²) in [5, 5.41) is 4.21. The van der Waals surface area contributed by atoms with Crippen LogP contribution in [0.15, 0.2) is 16.7 Å². The first kappa shape index (κ1) is 26.4. The van der Waals surface area contributed by atoms with Gasteiger partial charge in [-0.3, -0.25) is 4.79 Å². The summed E-state index contributed by atoms with van der Waals surface area (Å²) >= 11 is 5.00. The lowest BCUT2D eigenvalue weighted by Crippen LogP contribution is -2.38. The number of nitrogens with zero attached hydrogens (tertiary/aromatic N) is 3. The van der Waals surface area contributed by atoms with Crippen LogP contribution in [0.1, 0.15) is 53.2 Å². The number of amides is 1. The van der Waals surface area contributed by atoms with Crippen molar-refractivity contribution >= 4 is 33.2 Å². The van der Waals surface area contributed by atoms with Crippen LogP contribution in [0.3, 0.4) is 0 Å². The molecule has 10 heteroatoms. The minimum atomic E-state index is -2.52. The van der Waals surface area contributed by atoms with E-state index in [-0.39, 0.29) is 17.8 Å². The predicted molar refractivity (Wildman–Crippen MR) is 136 cm³/mol. The first-order valence-corrected chi connectivity index (χ1v) is 14.0. The molecule has 1 saturated carbocycles. The molecule has 0 atom stereocenters. The molecule has 2 aliphatic rings. The molecule has 35 heavy (non-hydrogen) atoms. The fraction of sp³-hybridized carbons (Fsp3) is 0.640. The van der Waals surface area contributed by atoms with E-state index < -0.39 is 13.0 Å². The highest BCUT2D eigenvalue weighted by Crippen LogP contribution is 2.30. The van der Waals surface area contributed by atoms with Crippen molar-refractivity contribution in [1.82, 2.24) is 20.2 Å². The number of thiazole rings is 1. The molecule has 1 fully saturated rings. The number of rotatable bonds is 9. The highest BCUT2D eigenvalue weighted by molar-refractivity contribution is 9.10. The van der Waals surface area contributed by atoms with Gasteiger partial charge in [-0.25, -0.2) is 18.7 Å². The maximum absolute atomic E-state index is 12.5. The zero-order chi connectivity index (χ0) is 24.8. The van der Waals surface area contributed by atoms with Crippen LogP contribution in [0.5, 0.6) is 5.88 Å². The van der Waals surface area contributed by atoms with Crippen LogP contribution >= 0.6 is 27.3 Å². The summed E-state index contributed by atoms with van der Waals surface area (Å²) in [5.74, 6) is 1.05. The first-order valence-electron chi connectivity index (χ1n) is 12.4. The van der Waals surface area contributed by atoms with Crippen molar-refractivity contribution in [2.75, 3.05) is 26.2 Å². The molecule has 1 aliphatic carbocycles. The van der Waals surface area contributed by atoms with Crippen LogP contribution in [-0.2, 0) is 24.1 Å². The predicted octanol–water partition coefficient (Wildman–Crippen LogP) is 4.96. The zero-order valence-electron chi connectivity index (χ0n) is 20.1. The smallest absolute Gasteiger partial charge is 0.272 e. The molecular formula is C25H33BrF2N4O2S. The van der Waals surface area contributed by atoms with Gasteiger partial charge < -0.3 is 15.0 Å². The van der Waals surface area contributed by atoms with E-state index >= 15 is 0 Å². The Morgan fingerprint density at radius 2 is 2.06 bits per heavy atom. The third kappa shape index (κ3) is 7.92. The number of halogens is 3. The Morgan fingerprint density at radius 3 is 2.77 bits per heavy atom. The third-order valence-corrected chi connectivity index (χ3v) is 8.37. The number of pyridine rings is 1. The average Bonchev–Trinajstić information content (AvgIpc) is 3.12. The standard InChI is InChI=1S/C25H33BrF2N4O2S/c1-16-29-14-20(35-16)13-24(33)30-19-4-2-17(3-5-19)6-9-32-10-7-18-12-21(26)25(34-15-23(27)28)31-22(18)8-11-32/h12,14,17,19,23H,2-11,13,15H2,1H3,(H,30,33). The molecule has 192 valence electrons. The largest absolute Gasteiger partial charge is 0.471 e. The average molecular weight is 572 g/mol. The van der Waals surface area contributed by atoms with Crippen molar-refractivity contribution in [3.63, 3.8) is 0 Å². The first-order chi connectivity index (χ1) is 16.9. The van der Waals surface area contributed by atoms with E-state index in [9.17, 15) is 13.6 Å². The van der Waals surface area contributed by atoms with Crippen molar-refractivity contribution in [2.24, 2.45) is 5.92 Å². The molecular weight excluding hydrogens is 538 g/mol. The lowest BCUT2D eigenvalue weighted by Gasteiger charge is -2.30. The summed E-state index contributed by atoms with van der Waals surface area (Å²) in [7, 11) is 0. The van der Waals surface area contributed by atoms with Crippen molar-refractivity contribution in [3.8, 4) is 5.88 Å². The summed E-state index contributed by atoms with van der Waals surface area (Å²) in [6.45, 7) is 4.25. The Balaban J connectivity index is 1.17. The number of aromatic nitrogens is 2. The number of alkyl halides is 2. The molecule has 0 spiro atoms. The Labute approximate surface area is 218 Å². The van der Waals surface area contributed by atoms with E-state index in [1.165, 1.54) is 0 Å². The molecule has 0 saturated heterocycles. The molecule has 6 nitrogen and oxygen atoms in total. The minimum Gasteiger partial charge on any atom is -0.471 e. The lowest BCUT2D eigenvalue weighted by atomic mass is 9.84. The van der Waals surface area contributed by atoms with E-state index in [0.717, 1.165) is 85.7 Å². The van der Waals surface area contributed by atoms with E-state index in [1.54, 1.807) is 17.5 Å². The van der Waals surface area contributed by atoms with Gasteiger partial charge in [0.1, 0.15) is 0 Å². The van der Waals surface area contributed by atoms with Crippen LogP contribution in [0.2, 0.25) is 0 Å². The van der Waals surface area contributed by atoms with Gasteiger partial charge in [-0.05, 0) is 85.5 Å². The van der Waals surface area contributed by atoms with Crippen LogP contribution < -0.4 is 10.1 Å². The molecule has 2 aromatic heterocycles. The molecule has 3 heterocycles. The Kier molecular flexibility index (Phi) is 9.46. The van der Waals surface area contributed by atoms with Crippen LogP contribution in [-0.4, -0.2) is 59.5 Å². The Hall–Kier alpha value is -1.65. The second-order valence-corrected chi connectivity index (χ2v) is 11.7. The third-order valence-electron chi connectivity index (χ3n) is 6.89. The van der Waals surface area contributed by atoms with E-state index in [0.29, 0.717) is 16.8 Å². The van der Waals surface area contributed by atoms with Gasteiger partial charge in [0, 0.05) is 42.3 Å². The second kappa shape index (κ2) is 12.5. The fourth-order valence-corrected chi connectivity index (χ4v) is 6.26. The number of nitrogens with one attached hydrogen (secondary N) is 1. The highest BCUT2D eigenvalue weighted by atomic mass is 79.9. The van der Waals surface area contributed by atoms with Crippen molar-refractivity contribution in [3.05, 3.63) is 37.9 Å². The molecule has 1 amide bonds. The molecule has 0 unspecified atom stereocenters. The van der Waals surface area contributed by atoms with Gasteiger partial charge in [-0.15, -0.1) is 11.3 Å². The number of carbonyl (C=O) groups excluding carboxylic acids is 1. The molecule has 4 rings (SSSR count). The van der Waals surface area contributed by atoms with Gasteiger partial charge in [-0.2, -0.15) is 0 Å². The van der Waals surface area contributed by atoms with Crippen LogP contribution in [0.4, 0.5) is 8.78 Å². The Morgan fingerprint density at radius 1 is 1.29 bits per heavy atom. The molecule has 0 bridgehead atoms. The molecule has 1 aliphatic heterocycles. The molecule has 0 aromatic carbocycles. The topological polar surface area (TPSA) is 67.4 Å². The number of carbonyl (C=O) groups is 1. The van der Waals surface area contributed by atoms with E-state index in [1.807, 2.05) is 13.0 Å². The summed E-state index contributed by atoms with van der Waals surface area (Å²) in [6, 6.07) is 2.25. The van der Waals surface area contributed by atoms with Gasteiger partial charge in [-0.1, -0.05) is 0 Å². The van der Waals surface area contributed by atoms with Crippen molar-refractivity contribution in [1.29, 1.82) is 0 Å².